The maximum Gasteiger partial charge on any atom is 0.265 e. The highest BCUT2D eigenvalue weighted by Crippen LogP contribution is 2.34. The van der Waals surface area contributed by atoms with Crippen LogP contribution in [0.15, 0.2) is 59.5 Å². The molecule has 162 valence electrons. The van der Waals surface area contributed by atoms with E-state index in [9.17, 15) is 13.2 Å². The Labute approximate surface area is 186 Å². The van der Waals surface area contributed by atoms with E-state index < -0.39 is 10.0 Å². The van der Waals surface area contributed by atoms with Crippen molar-refractivity contribution in [2.45, 2.75) is 31.1 Å². The number of carbonyl (C=O) groups is 1. The van der Waals surface area contributed by atoms with Gasteiger partial charge in [0.15, 0.2) is 0 Å². The van der Waals surface area contributed by atoms with Gasteiger partial charge in [0.1, 0.15) is 5.75 Å². The summed E-state index contributed by atoms with van der Waals surface area (Å²) in [5.74, 6) is 0.141. The van der Waals surface area contributed by atoms with E-state index in [1.807, 2.05) is 12.1 Å². The molecule has 0 spiro atoms. The van der Waals surface area contributed by atoms with Crippen molar-refractivity contribution in [1.82, 2.24) is 0 Å². The first-order valence-corrected chi connectivity index (χ1v) is 12.4. The number of fused-ring (bicyclic) bond motifs is 1. The summed E-state index contributed by atoms with van der Waals surface area (Å²) in [6.07, 6.45) is 3.14. The first kappa shape index (κ1) is 21.4. The summed E-state index contributed by atoms with van der Waals surface area (Å²) in [6.45, 7) is 2.06. The molecule has 1 aromatic heterocycles. The fourth-order valence-corrected chi connectivity index (χ4v) is 6.43. The standard InChI is InChI=1S/C23H24N2O4S2/c1-3-25(17-9-5-4-6-10-17)31(27,28)18-12-13-20(29-2)19(15-18)24-23(26)22-14-16-8-7-11-21(16)30-22/h4-6,9-10,12-15H,3,7-8,11H2,1-2H3,(H,24,26). The molecule has 2 aromatic carbocycles. The lowest BCUT2D eigenvalue weighted by Gasteiger charge is -2.23. The van der Waals surface area contributed by atoms with Crippen LogP contribution >= 0.6 is 11.3 Å². The predicted molar refractivity (Wildman–Crippen MR) is 124 cm³/mol. The van der Waals surface area contributed by atoms with E-state index >= 15 is 0 Å². The van der Waals surface area contributed by atoms with Crippen molar-refractivity contribution in [2.24, 2.45) is 0 Å². The van der Waals surface area contributed by atoms with Gasteiger partial charge in [0.2, 0.25) is 0 Å². The maximum atomic E-state index is 13.3. The Bertz CT molecular complexity index is 1180. The molecule has 0 unspecified atom stereocenters. The van der Waals surface area contributed by atoms with E-state index in [4.69, 9.17) is 4.74 Å². The number of benzene rings is 2. The molecule has 6 nitrogen and oxygen atoms in total. The Morgan fingerprint density at radius 3 is 2.58 bits per heavy atom. The molecule has 0 saturated carbocycles. The largest absolute Gasteiger partial charge is 0.495 e. The van der Waals surface area contributed by atoms with Gasteiger partial charge in [-0.15, -0.1) is 11.3 Å². The average Bonchev–Trinajstić information content (AvgIpc) is 3.37. The molecule has 4 rings (SSSR count). The second kappa shape index (κ2) is 8.72. The number of hydrogen-bond acceptors (Lipinski definition) is 5. The number of anilines is 2. The normalized spacial score (nSPS) is 13.0. The van der Waals surface area contributed by atoms with Crippen LogP contribution < -0.4 is 14.4 Å². The van der Waals surface area contributed by atoms with Gasteiger partial charge in [0.25, 0.3) is 15.9 Å². The third kappa shape index (κ3) is 4.18. The molecule has 0 bridgehead atoms. The SMILES string of the molecule is CCN(c1ccccc1)S(=O)(=O)c1ccc(OC)c(NC(=O)c2cc3c(s2)CCC3)c1. The smallest absolute Gasteiger partial charge is 0.265 e. The van der Waals surface area contributed by atoms with Crippen LogP contribution in [0.1, 0.15) is 33.5 Å². The molecule has 31 heavy (non-hydrogen) atoms. The highest BCUT2D eigenvalue weighted by atomic mass is 32.2. The second-order valence-electron chi connectivity index (χ2n) is 7.23. The van der Waals surface area contributed by atoms with Crippen LogP contribution in [-0.4, -0.2) is 28.0 Å². The molecule has 0 fully saturated rings. The number of sulfonamides is 1. The molecule has 0 atom stereocenters. The minimum atomic E-state index is -3.82. The van der Waals surface area contributed by atoms with Gasteiger partial charge in [-0.3, -0.25) is 9.10 Å². The van der Waals surface area contributed by atoms with Gasteiger partial charge >= 0.3 is 0 Å². The molecule has 0 saturated heterocycles. The molecule has 0 aliphatic heterocycles. The van der Waals surface area contributed by atoms with E-state index in [2.05, 4.69) is 5.32 Å². The number of carbonyl (C=O) groups excluding carboxylic acids is 1. The van der Waals surface area contributed by atoms with Gasteiger partial charge in [-0.2, -0.15) is 0 Å². The molecule has 0 radical (unpaired) electrons. The number of rotatable bonds is 7. The molecule has 1 heterocycles. The second-order valence-corrected chi connectivity index (χ2v) is 10.2. The molecular formula is C23H24N2O4S2. The number of ether oxygens (including phenoxy) is 1. The third-order valence-corrected chi connectivity index (χ3v) is 8.44. The van der Waals surface area contributed by atoms with Crippen LogP contribution in [0.5, 0.6) is 5.75 Å². The van der Waals surface area contributed by atoms with Crippen molar-refractivity contribution in [2.75, 3.05) is 23.3 Å². The third-order valence-electron chi connectivity index (χ3n) is 5.31. The minimum absolute atomic E-state index is 0.0861. The van der Waals surface area contributed by atoms with Gasteiger partial charge in [0, 0.05) is 11.4 Å². The van der Waals surface area contributed by atoms with Crippen molar-refractivity contribution >= 4 is 38.6 Å². The molecule has 1 aliphatic carbocycles. The highest BCUT2D eigenvalue weighted by molar-refractivity contribution is 7.92. The Morgan fingerprint density at radius 2 is 1.90 bits per heavy atom. The number of amides is 1. The first-order valence-electron chi connectivity index (χ1n) is 10.1. The quantitative estimate of drug-likeness (QED) is 0.559. The average molecular weight is 457 g/mol. The lowest BCUT2D eigenvalue weighted by atomic mass is 10.2. The zero-order valence-electron chi connectivity index (χ0n) is 17.4. The van der Waals surface area contributed by atoms with Crippen molar-refractivity contribution in [1.29, 1.82) is 0 Å². The van der Waals surface area contributed by atoms with Gasteiger partial charge in [-0.25, -0.2) is 8.42 Å². The maximum absolute atomic E-state index is 13.3. The van der Waals surface area contributed by atoms with Crippen LogP contribution in [0.2, 0.25) is 0 Å². The Balaban J connectivity index is 1.65. The lowest BCUT2D eigenvalue weighted by molar-refractivity contribution is 0.103. The monoisotopic (exact) mass is 456 g/mol. The van der Waals surface area contributed by atoms with Crippen molar-refractivity contribution in [3.8, 4) is 5.75 Å². The Kier molecular flexibility index (Phi) is 6.02. The topological polar surface area (TPSA) is 75.7 Å². The molecule has 1 aliphatic rings. The number of nitrogens with one attached hydrogen (secondary N) is 1. The molecule has 1 N–H and O–H groups in total. The van der Waals surface area contributed by atoms with Crippen molar-refractivity contribution < 1.29 is 17.9 Å². The first-order chi connectivity index (χ1) is 14.9. The molecule has 3 aromatic rings. The Hall–Kier alpha value is -2.84. The van der Waals surface area contributed by atoms with Gasteiger partial charge in [0.05, 0.1) is 28.3 Å². The summed E-state index contributed by atoms with van der Waals surface area (Å²) >= 11 is 1.50. The summed E-state index contributed by atoms with van der Waals surface area (Å²) in [5, 5.41) is 2.84. The number of thiophene rings is 1. The minimum Gasteiger partial charge on any atom is -0.495 e. The van der Waals surface area contributed by atoms with E-state index in [1.165, 1.54) is 45.3 Å². The fraction of sp³-hybridized carbons (Fsp3) is 0.261. The number of para-hydroxylation sites is 1. The summed E-state index contributed by atoms with van der Waals surface area (Å²) in [7, 11) is -2.33. The van der Waals surface area contributed by atoms with E-state index in [1.54, 1.807) is 37.3 Å². The summed E-state index contributed by atoms with van der Waals surface area (Å²) in [4.78, 5) is 14.8. The zero-order valence-corrected chi connectivity index (χ0v) is 19.1. The van der Waals surface area contributed by atoms with Crippen LogP contribution in [0, 0.1) is 0 Å². The number of aryl methyl sites for hydroxylation is 2. The van der Waals surface area contributed by atoms with Gasteiger partial charge in [-0.05, 0) is 68.1 Å². The van der Waals surface area contributed by atoms with Crippen molar-refractivity contribution in [3.05, 3.63) is 69.9 Å². The van der Waals surface area contributed by atoms with Crippen LogP contribution in [-0.2, 0) is 22.9 Å². The highest BCUT2D eigenvalue weighted by Gasteiger charge is 2.25. The molecular weight excluding hydrogens is 432 g/mol. The van der Waals surface area contributed by atoms with Gasteiger partial charge in [-0.1, -0.05) is 18.2 Å². The summed E-state index contributed by atoms with van der Waals surface area (Å²) < 4.78 is 33.4. The van der Waals surface area contributed by atoms with Crippen molar-refractivity contribution in [3.63, 3.8) is 0 Å². The molecule has 1 amide bonds. The summed E-state index contributed by atoms with van der Waals surface area (Å²) in [6, 6.07) is 15.4. The number of nitrogens with zero attached hydrogens (tertiary/aromatic N) is 1. The van der Waals surface area contributed by atoms with Gasteiger partial charge < -0.3 is 10.1 Å². The van der Waals surface area contributed by atoms with Crippen LogP contribution in [0.25, 0.3) is 0 Å². The van der Waals surface area contributed by atoms with E-state index in [0.717, 1.165) is 19.3 Å². The number of hydrogen-bond donors (Lipinski definition) is 1. The molecule has 8 heteroatoms. The van der Waals surface area contributed by atoms with Crippen LogP contribution in [0.3, 0.4) is 0 Å². The fourth-order valence-electron chi connectivity index (χ4n) is 3.78. The zero-order chi connectivity index (χ0) is 22.0. The predicted octanol–water partition coefficient (Wildman–Crippen LogP) is 4.71. The lowest BCUT2D eigenvalue weighted by Crippen LogP contribution is -2.30. The van der Waals surface area contributed by atoms with E-state index in [0.29, 0.717) is 22.0 Å². The Morgan fingerprint density at radius 1 is 1.13 bits per heavy atom. The summed E-state index contributed by atoms with van der Waals surface area (Å²) in [5.41, 5.74) is 2.14. The van der Waals surface area contributed by atoms with Crippen LogP contribution in [0.4, 0.5) is 11.4 Å². The van der Waals surface area contributed by atoms with E-state index in [-0.39, 0.29) is 17.3 Å². The number of methoxy groups -OCH3 is 1.